The normalized spacial score (nSPS) is 11.7. The van der Waals surface area contributed by atoms with E-state index < -0.39 is 33.0 Å². The van der Waals surface area contributed by atoms with Gasteiger partial charge < -0.3 is 5.32 Å². The van der Waals surface area contributed by atoms with Crippen LogP contribution in [0.4, 0.5) is 26.0 Å². The summed E-state index contributed by atoms with van der Waals surface area (Å²) >= 11 is 6.35. The smallest absolute Gasteiger partial charge is 0.262 e. The van der Waals surface area contributed by atoms with E-state index in [1.165, 1.54) is 12.4 Å². The number of halogens is 3. The van der Waals surface area contributed by atoms with Crippen molar-refractivity contribution in [3.05, 3.63) is 101 Å². The molecule has 0 amide bonds. The van der Waals surface area contributed by atoms with Crippen molar-refractivity contribution in [3.63, 3.8) is 0 Å². The van der Waals surface area contributed by atoms with Crippen LogP contribution >= 0.6 is 11.6 Å². The quantitative estimate of drug-likeness (QED) is 0.208. The second-order valence-electron chi connectivity index (χ2n) is 9.39. The van der Waals surface area contributed by atoms with E-state index in [4.69, 9.17) is 11.6 Å². The number of fused-ring (bicyclic) bond motifs is 2. The van der Waals surface area contributed by atoms with Crippen molar-refractivity contribution in [3.8, 4) is 5.82 Å². The van der Waals surface area contributed by atoms with Crippen LogP contribution in [0.15, 0.2) is 78.2 Å². The molecule has 212 valence electrons. The lowest BCUT2D eigenvalue weighted by Gasteiger charge is -2.16. The van der Waals surface area contributed by atoms with Gasteiger partial charge in [0, 0.05) is 5.02 Å². The van der Waals surface area contributed by atoms with Crippen molar-refractivity contribution in [2.24, 2.45) is 0 Å². The summed E-state index contributed by atoms with van der Waals surface area (Å²) in [4.78, 5) is 17.3. The zero-order valence-corrected chi connectivity index (χ0v) is 23.8. The maximum Gasteiger partial charge on any atom is 0.262 e. The lowest BCUT2D eigenvalue weighted by atomic mass is 10.1. The molecular formula is C29H22ClF2N7O2S. The maximum atomic E-state index is 15.7. The molecule has 0 aliphatic carbocycles. The average molecular weight is 606 g/mol. The number of imidazole rings is 1. The highest BCUT2D eigenvalue weighted by molar-refractivity contribution is 7.92. The maximum absolute atomic E-state index is 15.7. The minimum atomic E-state index is -4.27. The molecule has 0 aliphatic rings. The lowest BCUT2D eigenvalue weighted by Crippen LogP contribution is -2.16. The van der Waals surface area contributed by atoms with Gasteiger partial charge in [0.15, 0.2) is 11.6 Å². The predicted molar refractivity (Wildman–Crippen MR) is 158 cm³/mol. The molecule has 0 spiro atoms. The first-order chi connectivity index (χ1) is 20.2. The Balaban J connectivity index is 1.38. The van der Waals surface area contributed by atoms with Gasteiger partial charge in [-0.1, -0.05) is 36.7 Å². The summed E-state index contributed by atoms with van der Waals surface area (Å²) in [7, 11) is -4.27. The fourth-order valence-corrected chi connectivity index (χ4v) is 6.31. The largest absolute Gasteiger partial charge is 0.333 e. The molecule has 0 bridgehead atoms. The third-order valence-corrected chi connectivity index (χ3v) is 8.87. The Kier molecular flexibility index (Phi) is 6.95. The summed E-state index contributed by atoms with van der Waals surface area (Å²) in [6.07, 6.45) is 3.46. The number of hydrogen-bond acceptors (Lipinski definition) is 7. The van der Waals surface area contributed by atoms with Crippen LogP contribution in [0.25, 0.3) is 27.9 Å². The number of pyridine rings is 1. The number of rotatable bonds is 7. The monoisotopic (exact) mass is 605 g/mol. The summed E-state index contributed by atoms with van der Waals surface area (Å²) < 4.78 is 61.1. The van der Waals surface area contributed by atoms with Gasteiger partial charge in [-0.25, -0.2) is 37.1 Å². The Hall–Kier alpha value is -4.68. The summed E-state index contributed by atoms with van der Waals surface area (Å²) in [6, 6.07) is 15.9. The zero-order chi connectivity index (χ0) is 29.6. The Bertz CT molecular complexity index is 2120. The number of sulfonamides is 1. The predicted octanol–water partition coefficient (Wildman–Crippen LogP) is 6.71. The van der Waals surface area contributed by atoms with Crippen LogP contribution in [0, 0.1) is 18.6 Å². The van der Waals surface area contributed by atoms with E-state index >= 15 is 4.39 Å². The fourth-order valence-electron chi connectivity index (χ4n) is 4.65. The SMILES string of the molecule is CCc1ccc(S(=O)(=O)Nc2ccc(F)c(Nc3ncnc4ccc(-n5cnc6ccccc65)nc34)c2F)c(C)c1Cl. The first-order valence-corrected chi connectivity index (χ1v) is 14.6. The minimum absolute atomic E-state index is 0.0156. The number of aryl methyl sites for hydroxylation is 1. The Labute approximate surface area is 244 Å². The summed E-state index contributed by atoms with van der Waals surface area (Å²) in [6.45, 7) is 3.46. The molecule has 6 rings (SSSR count). The minimum Gasteiger partial charge on any atom is -0.333 e. The van der Waals surface area contributed by atoms with Crippen molar-refractivity contribution < 1.29 is 17.2 Å². The van der Waals surface area contributed by atoms with Gasteiger partial charge in [-0.3, -0.25) is 9.29 Å². The van der Waals surface area contributed by atoms with E-state index in [0.29, 0.717) is 28.3 Å². The standard InChI is InChI=1S/C29H22ClF2N7O2S/c1-3-17-8-12-23(16(2)25(17)30)42(40,41)38-20-10-9-18(31)27(26(20)32)37-29-28-21(33-14-34-29)11-13-24(36-28)39-15-35-19-6-4-5-7-22(19)39/h4-15,38H,3H2,1-2H3,(H,33,34,37). The average Bonchev–Trinajstić information content (AvgIpc) is 3.42. The highest BCUT2D eigenvalue weighted by atomic mass is 35.5. The first-order valence-electron chi connectivity index (χ1n) is 12.8. The zero-order valence-electron chi connectivity index (χ0n) is 22.2. The van der Waals surface area contributed by atoms with Crippen LogP contribution in [0.2, 0.25) is 5.02 Å². The van der Waals surface area contributed by atoms with Gasteiger partial charge in [0.05, 0.1) is 27.1 Å². The molecule has 0 saturated carbocycles. The summed E-state index contributed by atoms with van der Waals surface area (Å²) in [5, 5.41) is 2.96. The molecule has 0 unspecified atom stereocenters. The molecule has 0 aliphatic heterocycles. The Morgan fingerprint density at radius 3 is 2.57 bits per heavy atom. The topological polar surface area (TPSA) is 115 Å². The summed E-state index contributed by atoms with van der Waals surface area (Å²) in [5.74, 6) is -1.64. The number of aromatic nitrogens is 5. The molecule has 13 heteroatoms. The molecule has 9 nitrogen and oxygen atoms in total. The van der Waals surface area contributed by atoms with Gasteiger partial charge in [-0.2, -0.15) is 0 Å². The van der Waals surface area contributed by atoms with Gasteiger partial charge in [0.25, 0.3) is 10.0 Å². The van der Waals surface area contributed by atoms with E-state index in [1.807, 2.05) is 31.2 Å². The molecule has 42 heavy (non-hydrogen) atoms. The molecule has 0 atom stereocenters. The van der Waals surface area contributed by atoms with Crippen molar-refractivity contribution >= 4 is 60.9 Å². The number of para-hydroxylation sites is 2. The van der Waals surface area contributed by atoms with Crippen LogP contribution in [0.3, 0.4) is 0 Å². The lowest BCUT2D eigenvalue weighted by molar-refractivity contribution is 0.588. The van der Waals surface area contributed by atoms with E-state index in [0.717, 1.165) is 28.7 Å². The van der Waals surface area contributed by atoms with Crippen LogP contribution in [0.5, 0.6) is 0 Å². The molecule has 0 fully saturated rings. The van der Waals surface area contributed by atoms with Gasteiger partial charge in [-0.05, 0) is 66.9 Å². The van der Waals surface area contributed by atoms with Crippen LogP contribution in [0.1, 0.15) is 18.1 Å². The van der Waals surface area contributed by atoms with E-state index in [-0.39, 0.29) is 16.2 Å². The highest BCUT2D eigenvalue weighted by Gasteiger charge is 2.24. The Morgan fingerprint density at radius 1 is 0.952 bits per heavy atom. The van der Waals surface area contributed by atoms with E-state index in [1.54, 1.807) is 36.0 Å². The molecule has 6 aromatic rings. The van der Waals surface area contributed by atoms with Crippen molar-refractivity contribution in [1.29, 1.82) is 0 Å². The Morgan fingerprint density at radius 2 is 1.76 bits per heavy atom. The molecule has 0 radical (unpaired) electrons. The summed E-state index contributed by atoms with van der Waals surface area (Å²) in [5.41, 5.74) is 2.25. The number of nitrogens with zero attached hydrogens (tertiary/aromatic N) is 5. The molecule has 0 saturated heterocycles. The third kappa shape index (κ3) is 4.78. The molecule has 3 aromatic carbocycles. The van der Waals surface area contributed by atoms with Gasteiger partial charge in [0.2, 0.25) is 0 Å². The molecule has 2 N–H and O–H groups in total. The molecule has 3 aromatic heterocycles. The van der Waals surface area contributed by atoms with Crippen molar-refractivity contribution in [2.45, 2.75) is 25.2 Å². The van der Waals surface area contributed by atoms with Crippen LogP contribution in [-0.2, 0) is 16.4 Å². The first kappa shape index (κ1) is 27.5. The number of nitrogens with one attached hydrogen (secondary N) is 2. The van der Waals surface area contributed by atoms with Crippen LogP contribution in [-0.4, -0.2) is 32.9 Å². The molecule has 3 heterocycles. The fraction of sp³-hybridized carbons (Fsp3) is 0.103. The second-order valence-corrected chi connectivity index (χ2v) is 11.4. The highest BCUT2D eigenvalue weighted by Crippen LogP contribution is 2.33. The molecular weight excluding hydrogens is 584 g/mol. The van der Waals surface area contributed by atoms with Crippen molar-refractivity contribution in [2.75, 3.05) is 10.0 Å². The third-order valence-electron chi connectivity index (χ3n) is 6.83. The number of anilines is 3. The van der Waals surface area contributed by atoms with Crippen LogP contribution < -0.4 is 10.0 Å². The van der Waals surface area contributed by atoms with Gasteiger partial charge >= 0.3 is 0 Å². The number of hydrogen-bond donors (Lipinski definition) is 2. The van der Waals surface area contributed by atoms with E-state index in [2.05, 4.69) is 30.0 Å². The van der Waals surface area contributed by atoms with Gasteiger partial charge in [0.1, 0.15) is 35.5 Å². The van der Waals surface area contributed by atoms with Crippen molar-refractivity contribution in [1.82, 2.24) is 24.5 Å². The number of benzene rings is 3. The van der Waals surface area contributed by atoms with Gasteiger partial charge in [-0.15, -0.1) is 0 Å². The van der Waals surface area contributed by atoms with E-state index in [9.17, 15) is 12.8 Å². The second kappa shape index (κ2) is 10.6.